The number of Topliss-reactive ketones (excluding diaryl/α,β-unsaturated/α-hetero) is 1. The number of carbonyl (C=O) groups is 2. The number of rotatable bonds is 3. The van der Waals surface area contributed by atoms with Gasteiger partial charge in [0.05, 0.1) is 16.3 Å². The van der Waals surface area contributed by atoms with Crippen molar-refractivity contribution in [3.63, 3.8) is 0 Å². The molecule has 1 amide bonds. The van der Waals surface area contributed by atoms with Crippen LogP contribution in [0, 0.1) is 5.82 Å². The lowest BCUT2D eigenvalue weighted by Crippen LogP contribution is -2.32. The fraction of sp³-hybridized carbons (Fsp3) is 0.214. The third-order valence-corrected chi connectivity index (χ3v) is 3.78. The van der Waals surface area contributed by atoms with Crippen LogP contribution in [0.3, 0.4) is 0 Å². The van der Waals surface area contributed by atoms with E-state index >= 15 is 0 Å². The summed E-state index contributed by atoms with van der Waals surface area (Å²) in [4.78, 5) is 29.3. The minimum atomic E-state index is -0.666. The number of ketones is 1. The zero-order valence-corrected chi connectivity index (χ0v) is 11.9. The second kappa shape index (κ2) is 4.96. The molecule has 1 aromatic carbocycles. The van der Waals surface area contributed by atoms with Crippen molar-refractivity contribution in [3.8, 4) is 0 Å². The number of fused-ring (bicyclic) bond motifs is 1. The van der Waals surface area contributed by atoms with E-state index in [1.54, 1.807) is 12.4 Å². The number of imidazole rings is 1. The Morgan fingerprint density at radius 3 is 2.76 bits per heavy atom. The predicted octanol–water partition coefficient (Wildman–Crippen LogP) is 1.98. The smallest absolute Gasteiger partial charge is 0.299 e. The summed E-state index contributed by atoms with van der Waals surface area (Å²) in [5.41, 5.74) is 0.410. The van der Waals surface area contributed by atoms with Crippen molar-refractivity contribution in [3.05, 3.63) is 46.8 Å². The Hall–Kier alpha value is -2.21. The van der Waals surface area contributed by atoms with Gasteiger partial charge in [-0.2, -0.15) is 0 Å². The summed E-state index contributed by atoms with van der Waals surface area (Å²) >= 11 is 5.66. The number of carbonyl (C=O) groups excluding carboxylic acids is 2. The van der Waals surface area contributed by atoms with E-state index in [2.05, 4.69) is 4.98 Å². The number of hydrogen-bond acceptors (Lipinski definition) is 3. The van der Waals surface area contributed by atoms with Gasteiger partial charge in [0.1, 0.15) is 11.6 Å². The van der Waals surface area contributed by atoms with Crippen LogP contribution in [0.2, 0.25) is 5.02 Å². The third-order valence-electron chi connectivity index (χ3n) is 3.49. The summed E-state index contributed by atoms with van der Waals surface area (Å²) in [6.45, 7) is 0.253. The van der Waals surface area contributed by atoms with Crippen molar-refractivity contribution < 1.29 is 14.0 Å². The van der Waals surface area contributed by atoms with E-state index in [1.165, 1.54) is 11.0 Å². The molecule has 0 aliphatic carbocycles. The van der Waals surface area contributed by atoms with Crippen LogP contribution in [0.15, 0.2) is 24.5 Å². The van der Waals surface area contributed by atoms with Crippen molar-refractivity contribution in [1.82, 2.24) is 9.55 Å². The Kier molecular flexibility index (Phi) is 3.25. The van der Waals surface area contributed by atoms with Crippen LogP contribution in [0.5, 0.6) is 0 Å². The Morgan fingerprint density at radius 2 is 2.10 bits per heavy atom. The van der Waals surface area contributed by atoms with Gasteiger partial charge in [-0.05, 0) is 12.1 Å². The van der Waals surface area contributed by atoms with Gasteiger partial charge in [0.2, 0.25) is 0 Å². The van der Waals surface area contributed by atoms with E-state index in [0.29, 0.717) is 6.42 Å². The third kappa shape index (κ3) is 2.21. The van der Waals surface area contributed by atoms with Gasteiger partial charge >= 0.3 is 0 Å². The molecule has 0 spiro atoms. The highest BCUT2D eigenvalue weighted by Crippen LogP contribution is 2.33. The molecule has 3 rings (SSSR count). The van der Waals surface area contributed by atoms with Crippen molar-refractivity contribution in [2.75, 3.05) is 11.4 Å². The maximum absolute atomic E-state index is 13.6. The molecule has 108 valence electrons. The molecule has 0 unspecified atom stereocenters. The van der Waals surface area contributed by atoms with Crippen LogP contribution in [0.4, 0.5) is 10.1 Å². The molecule has 1 aliphatic rings. The van der Waals surface area contributed by atoms with Crippen LogP contribution in [0.25, 0.3) is 0 Å². The molecule has 2 aromatic rings. The van der Waals surface area contributed by atoms with Gasteiger partial charge in [-0.25, -0.2) is 9.37 Å². The molecule has 0 radical (unpaired) electrons. The van der Waals surface area contributed by atoms with Crippen LogP contribution in [-0.4, -0.2) is 27.8 Å². The summed E-state index contributed by atoms with van der Waals surface area (Å²) in [7, 11) is 1.84. The Labute approximate surface area is 124 Å². The highest BCUT2D eigenvalue weighted by molar-refractivity contribution is 6.52. The first-order valence-corrected chi connectivity index (χ1v) is 6.68. The molecular formula is C14H11ClFN3O2. The molecule has 2 heterocycles. The Balaban J connectivity index is 1.90. The SMILES string of the molecule is Cn1ccnc1CCN1C(=O)C(=O)c2cc(Cl)c(F)cc21. The van der Waals surface area contributed by atoms with E-state index in [4.69, 9.17) is 11.6 Å². The summed E-state index contributed by atoms with van der Waals surface area (Å²) in [6.07, 6.45) is 3.91. The molecular weight excluding hydrogens is 297 g/mol. The van der Waals surface area contributed by atoms with Gasteiger partial charge in [0.15, 0.2) is 0 Å². The average Bonchev–Trinajstić information content (AvgIpc) is 2.95. The largest absolute Gasteiger partial charge is 0.338 e. The molecule has 0 saturated heterocycles. The van der Waals surface area contributed by atoms with Crippen molar-refractivity contribution in [1.29, 1.82) is 0 Å². The summed E-state index contributed by atoms with van der Waals surface area (Å²) in [5.74, 6) is -1.20. The van der Waals surface area contributed by atoms with Gasteiger partial charge < -0.3 is 9.47 Å². The number of anilines is 1. The lowest BCUT2D eigenvalue weighted by atomic mass is 10.1. The normalized spacial score (nSPS) is 14.0. The average molecular weight is 308 g/mol. The van der Waals surface area contributed by atoms with Gasteiger partial charge in [0, 0.05) is 32.4 Å². The summed E-state index contributed by atoms with van der Waals surface area (Å²) < 4.78 is 15.4. The van der Waals surface area contributed by atoms with Gasteiger partial charge in [-0.3, -0.25) is 9.59 Å². The molecule has 0 atom stereocenters. The van der Waals surface area contributed by atoms with Crippen LogP contribution in [0.1, 0.15) is 16.2 Å². The number of benzene rings is 1. The summed E-state index contributed by atoms with van der Waals surface area (Å²) in [6, 6.07) is 2.33. The number of hydrogen-bond donors (Lipinski definition) is 0. The van der Waals surface area contributed by atoms with Gasteiger partial charge in [0.25, 0.3) is 11.7 Å². The van der Waals surface area contributed by atoms with Gasteiger partial charge in [-0.1, -0.05) is 11.6 Å². The first kappa shape index (κ1) is 13.8. The number of aromatic nitrogens is 2. The van der Waals surface area contributed by atoms with Crippen molar-refractivity contribution >= 4 is 29.0 Å². The minimum absolute atomic E-state index is 0.145. The summed E-state index contributed by atoms with van der Waals surface area (Å²) in [5, 5.41) is -0.166. The van der Waals surface area contributed by atoms with Crippen LogP contribution in [-0.2, 0) is 18.3 Å². The molecule has 7 heteroatoms. The monoisotopic (exact) mass is 307 g/mol. The molecule has 5 nitrogen and oxygen atoms in total. The Bertz CT molecular complexity index is 757. The van der Waals surface area contributed by atoms with Crippen molar-refractivity contribution in [2.45, 2.75) is 6.42 Å². The van der Waals surface area contributed by atoms with E-state index in [9.17, 15) is 14.0 Å². The number of aryl methyl sites for hydroxylation is 1. The van der Waals surface area contributed by atoms with Crippen LogP contribution < -0.4 is 4.90 Å². The lowest BCUT2D eigenvalue weighted by molar-refractivity contribution is -0.114. The molecule has 1 aliphatic heterocycles. The molecule has 21 heavy (non-hydrogen) atoms. The number of nitrogens with zero attached hydrogens (tertiary/aromatic N) is 3. The van der Waals surface area contributed by atoms with E-state index < -0.39 is 17.5 Å². The standard InChI is InChI=1S/C14H11ClFN3O2/c1-18-5-3-17-12(18)2-4-19-11-7-10(16)9(15)6-8(11)13(20)14(19)21/h3,5-7H,2,4H2,1H3. The van der Waals surface area contributed by atoms with E-state index in [0.717, 1.165) is 11.9 Å². The first-order chi connectivity index (χ1) is 9.99. The quantitative estimate of drug-likeness (QED) is 0.815. The van der Waals surface area contributed by atoms with E-state index in [-0.39, 0.29) is 22.8 Å². The zero-order chi connectivity index (χ0) is 15.1. The fourth-order valence-electron chi connectivity index (χ4n) is 2.36. The fourth-order valence-corrected chi connectivity index (χ4v) is 2.52. The highest BCUT2D eigenvalue weighted by atomic mass is 35.5. The Morgan fingerprint density at radius 1 is 1.33 bits per heavy atom. The maximum atomic E-state index is 13.6. The topological polar surface area (TPSA) is 55.2 Å². The highest BCUT2D eigenvalue weighted by Gasteiger charge is 2.36. The number of amides is 1. The second-order valence-electron chi connectivity index (χ2n) is 4.77. The molecule has 0 saturated carbocycles. The molecule has 0 fully saturated rings. The number of halogens is 2. The second-order valence-corrected chi connectivity index (χ2v) is 5.18. The minimum Gasteiger partial charge on any atom is -0.338 e. The lowest BCUT2D eigenvalue weighted by Gasteiger charge is -2.16. The predicted molar refractivity (Wildman–Crippen MR) is 75.0 cm³/mol. The zero-order valence-electron chi connectivity index (χ0n) is 11.1. The van der Waals surface area contributed by atoms with Crippen molar-refractivity contribution in [2.24, 2.45) is 7.05 Å². The van der Waals surface area contributed by atoms with E-state index in [1.807, 2.05) is 11.6 Å². The first-order valence-electron chi connectivity index (χ1n) is 6.30. The molecule has 1 aromatic heterocycles. The van der Waals surface area contributed by atoms with Gasteiger partial charge in [-0.15, -0.1) is 0 Å². The molecule has 0 N–H and O–H groups in total. The van der Waals surface area contributed by atoms with Crippen LogP contribution >= 0.6 is 11.6 Å². The maximum Gasteiger partial charge on any atom is 0.299 e. The molecule has 0 bridgehead atoms.